The molecule has 1 heterocycles. The zero-order chi connectivity index (χ0) is 15.2. The van der Waals surface area contributed by atoms with Crippen molar-refractivity contribution in [3.63, 3.8) is 0 Å². The quantitative estimate of drug-likeness (QED) is 0.677. The Hall–Kier alpha value is -2.13. The van der Waals surface area contributed by atoms with Gasteiger partial charge in [-0.1, -0.05) is 54.1 Å². The highest BCUT2D eigenvalue weighted by Crippen LogP contribution is 2.26. The minimum atomic E-state index is 0.434. The second kappa shape index (κ2) is 7.23. The summed E-state index contributed by atoms with van der Waals surface area (Å²) in [5, 5.41) is 4.96. The second-order valence-corrected chi connectivity index (χ2v) is 5.82. The van der Waals surface area contributed by atoms with Gasteiger partial charge in [-0.2, -0.15) is 5.10 Å². The minimum Gasteiger partial charge on any atom is -0.253 e. The number of aryl methyl sites for hydroxylation is 1. The Bertz CT molecular complexity index is 678. The predicted octanol–water partition coefficient (Wildman–Crippen LogP) is 4.35. The number of rotatable bonds is 6. The van der Waals surface area contributed by atoms with E-state index in [9.17, 15) is 0 Å². The molecule has 2 aromatic carbocycles. The maximum absolute atomic E-state index is 6.01. The van der Waals surface area contributed by atoms with Crippen LogP contribution < -0.4 is 0 Å². The molecule has 1 aromatic heterocycles. The second-order valence-electron chi connectivity index (χ2n) is 5.39. The third-order valence-corrected chi connectivity index (χ3v) is 4.09. The lowest BCUT2D eigenvalue weighted by atomic mass is 9.89. The van der Waals surface area contributed by atoms with E-state index in [1.165, 1.54) is 11.1 Å². The van der Waals surface area contributed by atoms with Crippen LogP contribution in [0.5, 0.6) is 0 Å². The molecule has 0 unspecified atom stereocenters. The molecule has 0 bridgehead atoms. The predicted molar refractivity (Wildman–Crippen MR) is 89.0 cm³/mol. The van der Waals surface area contributed by atoms with Crippen molar-refractivity contribution in [2.75, 3.05) is 0 Å². The van der Waals surface area contributed by atoms with E-state index in [2.05, 4.69) is 52.5 Å². The number of hydrogen-bond donors (Lipinski definition) is 0. The van der Waals surface area contributed by atoms with Crippen molar-refractivity contribution in [2.45, 2.75) is 25.3 Å². The van der Waals surface area contributed by atoms with E-state index in [-0.39, 0.29) is 0 Å². The Balaban J connectivity index is 1.76. The Labute approximate surface area is 135 Å². The number of benzene rings is 2. The summed E-state index contributed by atoms with van der Waals surface area (Å²) in [5.41, 5.74) is 2.66. The van der Waals surface area contributed by atoms with Crippen LogP contribution in [-0.2, 0) is 13.0 Å². The molecule has 0 aliphatic rings. The van der Waals surface area contributed by atoms with Gasteiger partial charge < -0.3 is 0 Å². The molecule has 3 rings (SSSR count). The summed E-state index contributed by atoms with van der Waals surface area (Å²) in [5.74, 6) is 0.434. The third-order valence-electron chi connectivity index (χ3n) is 3.84. The molecule has 0 saturated carbocycles. The van der Waals surface area contributed by atoms with Crippen molar-refractivity contribution in [3.8, 4) is 0 Å². The van der Waals surface area contributed by atoms with Gasteiger partial charge >= 0.3 is 0 Å². The largest absolute Gasteiger partial charge is 0.253 e. The molecular weight excluding hydrogens is 294 g/mol. The highest BCUT2D eigenvalue weighted by atomic mass is 35.5. The lowest BCUT2D eigenvalue weighted by molar-refractivity contribution is 0.510. The molecule has 0 amide bonds. The molecule has 1 atom stereocenters. The number of hydrogen-bond acceptors (Lipinski definition) is 2. The summed E-state index contributed by atoms with van der Waals surface area (Å²) in [6.45, 7) is 0.861. The van der Waals surface area contributed by atoms with Crippen LogP contribution in [0.25, 0.3) is 0 Å². The van der Waals surface area contributed by atoms with Gasteiger partial charge in [-0.05, 0) is 42.0 Å². The Morgan fingerprint density at radius 3 is 2.45 bits per heavy atom. The zero-order valence-corrected chi connectivity index (χ0v) is 13.0. The average Bonchev–Trinajstić information content (AvgIpc) is 3.07. The van der Waals surface area contributed by atoms with Crippen molar-refractivity contribution in [1.29, 1.82) is 0 Å². The fourth-order valence-corrected chi connectivity index (χ4v) is 2.78. The molecule has 112 valence electrons. The van der Waals surface area contributed by atoms with Crippen LogP contribution in [0.1, 0.15) is 23.5 Å². The van der Waals surface area contributed by atoms with Crippen molar-refractivity contribution >= 4 is 11.6 Å². The van der Waals surface area contributed by atoms with E-state index >= 15 is 0 Å². The fourth-order valence-electron chi connectivity index (χ4n) is 2.66. The van der Waals surface area contributed by atoms with Crippen molar-refractivity contribution < 1.29 is 0 Å². The minimum absolute atomic E-state index is 0.434. The standard InChI is InChI=1S/C18H18ClN3/c19-18-8-6-16(7-9-18)17(10-11-22-14-20-13-21-22)12-15-4-2-1-3-5-15/h1-9,13-14,17H,10-12H2/t17-/m0/s1. The van der Waals surface area contributed by atoms with E-state index < -0.39 is 0 Å². The smallest absolute Gasteiger partial charge is 0.137 e. The monoisotopic (exact) mass is 311 g/mol. The van der Waals surface area contributed by atoms with Gasteiger partial charge in [-0.25, -0.2) is 4.98 Å². The number of nitrogens with zero attached hydrogens (tertiary/aromatic N) is 3. The first-order valence-corrected chi connectivity index (χ1v) is 7.81. The molecule has 0 aliphatic heterocycles. The number of halogens is 1. The molecule has 0 spiro atoms. The zero-order valence-electron chi connectivity index (χ0n) is 12.3. The Morgan fingerprint density at radius 1 is 1.00 bits per heavy atom. The van der Waals surface area contributed by atoms with Gasteiger partial charge in [0.05, 0.1) is 0 Å². The average molecular weight is 312 g/mol. The maximum atomic E-state index is 6.01. The Morgan fingerprint density at radius 2 is 1.77 bits per heavy atom. The van der Waals surface area contributed by atoms with Crippen LogP contribution >= 0.6 is 11.6 Å². The van der Waals surface area contributed by atoms with Gasteiger partial charge in [0.1, 0.15) is 12.7 Å². The molecule has 3 nitrogen and oxygen atoms in total. The van der Waals surface area contributed by atoms with E-state index in [1.54, 1.807) is 12.7 Å². The normalized spacial score (nSPS) is 12.2. The lowest BCUT2D eigenvalue weighted by Crippen LogP contribution is -2.08. The van der Waals surface area contributed by atoms with Gasteiger partial charge in [0.2, 0.25) is 0 Å². The third kappa shape index (κ3) is 3.95. The number of aromatic nitrogens is 3. The summed E-state index contributed by atoms with van der Waals surface area (Å²) in [6.07, 6.45) is 5.37. The van der Waals surface area contributed by atoms with Crippen molar-refractivity contribution in [2.24, 2.45) is 0 Å². The molecule has 0 saturated heterocycles. The van der Waals surface area contributed by atoms with Gasteiger partial charge in [0.15, 0.2) is 0 Å². The van der Waals surface area contributed by atoms with Gasteiger partial charge in [-0.3, -0.25) is 4.68 Å². The van der Waals surface area contributed by atoms with Crippen molar-refractivity contribution in [3.05, 3.63) is 83.4 Å². The topological polar surface area (TPSA) is 30.7 Å². The Kier molecular flexibility index (Phi) is 4.86. The molecule has 4 heteroatoms. The van der Waals surface area contributed by atoms with Crippen LogP contribution in [0.15, 0.2) is 67.3 Å². The molecule has 0 aliphatic carbocycles. The van der Waals surface area contributed by atoms with E-state index in [4.69, 9.17) is 11.6 Å². The molecule has 0 radical (unpaired) electrons. The van der Waals surface area contributed by atoms with Crippen LogP contribution in [0, 0.1) is 0 Å². The van der Waals surface area contributed by atoms with Gasteiger partial charge in [-0.15, -0.1) is 0 Å². The summed E-state index contributed by atoms with van der Waals surface area (Å²) < 4.78 is 1.88. The highest BCUT2D eigenvalue weighted by molar-refractivity contribution is 6.30. The first-order chi connectivity index (χ1) is 10.8. The lowest BCUT2D eigenvalue weighted by Gasteiger charge is -2.18. The first-order valence-electron chi connectivity index (χ1n) is 7.43. The SMILES string of the molecule is Clc1ccc([C@@H](CCn2cncn2)Cc2ccccc2)cc1. The van der Waals surface area contributed by atoms with Crippen molar-refractivity contribution in [1.82, 2.24) is 14.8 Å². The molecule has 0 fully saturated rings. The van der Waals surface area contributed by atoms with E-state index in [0.717, 1.165) is 24.4 Å². The summed E-state index contributed by atoms with van der Waals surface area (Å²) in [7, 11) is 0. The summed E-state index contributed by atoms with van der Waals surface area (Å²) in [4.78, 5) is 4.00. The highest BCUT2D eigenvalue weighted by Gasteiger charge is 2.13. The van der Waals surface area contributed by atoms with Crippen LogP contribution in [0.4, 0.5) is 0 Å². The molecule has 0 N–H and O–H groups in total. The summed E-state index contributed by atoms with van der Waals surface area (Å²) >= 11 is 6.01. The van der Waals surface area contributed by atoms with E-state index in [1.807, 2.05) is 16.8 Å². The van der Waals surface area contributed by atoms with Gasteiger partial charge in [0, 0.05) is 11.6 Å². The van der Waals surface area contributed by atoms with Crippen LogP contribution in [0.2, 0.25) is 5.02 Å². The molecular formula is C18H18ClN3. The first kappa shape index (κ1) is 14.8. The molecule has 22 heavy (non-hydrogen) atoms. The van der Waals surface area contributed by atoms with E-state index in [0.29, 0.717) is 5.92 Å². The summed E-state index contributed by atoms with van der Waals surface area (Å²) in [6, 6.07) is 18.8. The van der Waals surface area contributed by atoms with Crippen LogP contribution in [0.3, 0.4) is 0 Å². The van der Waals surface area contributed by atoms with Crippen LogP contribution in [-0.4, -0.2) is 14.8 Å². The molecule has 3 aromatic rings. The van der Waals surface area contributed by atoms with Gasteiger partial charge in [0.25, 0.3) is 0 Å². The maximum Gasteiger partial charge on any atom is 0.137 e. The fraction of sp³-hybridized carbons (Fsp3) is 0.222.